The lowest BCUT2D eigenvalue weighted by Gasteiger charge is -2.14. The van der Waals surface area contributed by atoms with Gasteiger partial charge in [0.05, 0.1) is 6.54 Å². The molecule has 2 aromatic rings. The van der Waals surface area contributed by atoms with Gasteiger partial charge in [0.1, 0.15) is 0 Å². The molecule has 1 fully saturated rings. The van der Waals surface area contributed by atoms with E-state index in [2.05, 4.69) is 38.2 Å². The summed E-state index contributed by atoms with van der Waals surface area (Å²) in [6.45, 7) is 6.91. The zero-order valence-electron chi connectivity index (χ0n) is 16.0. The molecular weight excluding hydrogens is 340 g/mol. The lowest BCUT2D eigenvalue weighted by molar-refractivity contribution is -0.139. The van der Waals surface area contributed by atoms with E-state index in [0.29, 0.717) is 12.1 Å². The number of carbonyl (C=O) groups excluding carboxylic acids is 3. The quantitative estimate of drug-likeness (QED) is 0.829. The van der Waals surface area contributed by atoms with Gasteiger partial charge in [0.2, 0.25) is 11.8 Å². The first-order valence-electron chi connectivity index (χ1n) is 9.12. The lowest BCUT2D eigenvalue weighted by Crippen LogP contribution is -2.28. The van der Waals surface area contributed by atoms with Crippen LogP contribution >= 0.6 is 0 Å². The summed E-state index contributed by atoms with van der Waals surface area (Å²) in [6.07, 6.45) is 0.578. The summed E-state index contributed by atoms with van der Waals surface area (Å²) < 4.78 is 0. The first kappa shape index (κ1) is 18.8. The highest BCUT2D eigenvalue weighted by Crippen LogP contribution is 2.18. The molecule has 0 spiro atoms. The molecule has 0 aliphatic carbocycles. The smallest absolute Gasteiger partial charge is 0.251 e. The van der Waals surface area contributed by atoms with Gasteiger partial charge in [-0.2, -0.15) is 0 Å². The minimum atomic E-state index is -0.144. The Kier molecular flexibility index (Phi) is 5.40. The minimum absolute atomic E-state index is 0.134. The van der Waals surface area contributed by atoms with Crippen molar-refractivity contribution in [3.05, 3.63) is 69.8 Å². The van der Waals surface area contributed by atoms with E-state index in [-0.39, 0.29) is 37.1 Å². The largest absolute Gasteiger partial charge is 0.348 e. The Morgan fingerprint density at radius 2 is 1.52 bits per heavy atom. The molecule has 0 radical (unpaired) electrons. The van der Waals surface area contributed by atoms with Crippen LogP contribution in [0.5, 0.6) is 0 Å². The number of nitrogens with zero attached hydrogens (tertiary/aromatic N) is 1. The van der Waals surface area contributed by atoms with E-state index in [4.69, 9.17) is 0 Å². The fourth-order valence-electron chi connectivity index (χ4n) is 3.50. The predicted molar refractivity (Wildman–Crippen MR) is 103 cm³/mol. The second kappa shape index (κ2) is 7.74. The second-order valence-corrected chi connectivity index (χ2v) is 7.13. The standard InChI is InChI=1S/C22H24N2O3/c1-14-10-15(2)19(16(3)11-14)12-23-22(27)18-6-4-17(5-7-18)13-24-20(25)8-9-21(24)26/h4-7,10-11H,8-9,12-13H2,1-3H3,(H,23,27). The van der Waals surface area contributed by atoms with E-state index in [1.165, 1.54) is 21.6 Å². The first-order chi connectivity index (χ1) is 12.8. The molecule has 3 amide bonds. The normalized spacial score (nSPS) is 14.0. The Hall–Kier alpha value is -2.95. The van der Waals surface area contributed by atoms with Crippen LogP contribution < -0.4 is 5.32 Å². The van der Waals surface area contributed by atoms with Crippen molar-refractivity contribution in [2.45, 2.75) is 46.7 Å². The molecule has 0 unspecified atom stereocenters. The molecule has 1 aliphatic heterocycles. The summed E-state index contributed by atoms with van der Waals surface area (Å²) in [4.78, 5) is 37.1. The van der Waals surface area contributed by atoms with Crippen molar-refractivity contribution in [1.82, 2.24) is 10.2 Å². The molecule has 1 saturated heterocycles. The predicted octanol–water partition coefficient (Wildman–Crippen LogP) is 3.19. The molecular formula is C22H24N2O3. The Labute approximate surface area is 159 Å². The molecule has 5 nitrogen and oxygen atoms in total. The van der Waals surface area contributed by atoms with Gasteiger partial charge in [-0.3, -0.25) is 19.3 Å². The summed E-state index contributed by atoms with van der Waals surface area (Å²) in [5, 5.41) is 2.97. The molecule has 27 heavy (non-hydrogen) atoms. The zero-order chi connectivity index (χ0) is 19.6. The first-order valence-corrected chi connectivity index (χ1v) is 9.12. The summed E-state index contributed by atoms with van der Waals surface area (Å²) in [6, 6.07) is 11.3. The number of likely N-dealkylation sites (tertiary alicyclic amines) is 1. The molecule has 0 bridgehead atoms. The molecule has 0 aromatic heterocycles. The summed E-state index contributed by atoms with van der Waals surface area (Å²) in [5.41, 5.74) is 6.08. The average Bonchev–Trinajstić information content (AvgIpc) is 2.93. The number of benzene rings is 2. The van der Waals surface area contributed by atoms with Gasteiger partial charge >= 0.3 is 0 Å². The third-order valence-corrected chi connectivity index (χ3v) is 4.98. The van der Waals surface area contributed by atoms with Gasteiger partial charge in [0.15, 0.2) is 0 Å². The molecule has 0 atom stereocenters. The van der Waals surface area contributed by atoms with E-state index in [0.717, 1.165) is 11.1 Å². The monoisotopic (exact) mass is 364 g/mol. The van der Waals surface area contributed by atoms with Crippen molar-refractivity contribution in [2.75, 3.05) is 0 Å². The summed E-state index contributed by atoms with van der Waals surface area (Å²) >= 11 is 0. The molecule has 140 valence electrons. The number of hydrogen-bond acceptors (Lipinski definition) is 3. The van der Waals surface area contributed by atoms with Crippen LogP contribution in [-0.2, 0) is 22.7 Å². The highest BCUT2D eigenvalue weighted by Gasteiger charge is 2.28. The van der Waals surface area contributed by atoms with Crippen LogP contribution in [0.15, 0.2) is 36.4 Å². The van der Waals surface area contributed by atoms with Crippen LogP contribution in [0.4, 0.5) is 0 Å². The molecule has 2 aromatic carbocycles. The number of carbonyl (C=O) groups is 3. The number of imide groups is 1. The maximum Gasteiger partial charge on any atom is 0.251 e. The average molecular weight is 364 g/mol. The Balaban J connectivity index is 1.63. The van der Waals surface area contributed by atoms with E-state index in [1.807, 2.05) is 0 Å². The van der Waals surface area contributed by atoms with Crippen LogP contribution in [0.3, 0.4) is 0 Å². The van der Waals surface area contributed by atoms with Crippen molar-refractivity contribution in [1.29, 1.82) is 0 Å². The third-order valence-electron chi connectivity index (χ3n) is 4.98. The molecule has 0 saturated carbocycles. The minimum Gasteiger partial charge on any atom is -0.348 e. The van der Waals surface area contributed by atoms with Crippen molar-refractivity contribution >= 4 is 17.7 Å². The molecule has 1 aliphatic rings. The number of aryl methyl sites for hydroxylation is 3. The second-order valence-electron chi connectivity index (χ2n) is 7.13. The summed E-state index contributed by atoms with van der Waals surface area (Å²) in [5.74, 6) is -0.412. The van der Waals surface area contributed by atoms with Gasteiger partial charge in [0.25, 0.3) is 5.91 Å². The molecule has 5 heteroatoms. The number of amides is 3. The Morgan fingerprint density at radius 3 is 2.07 bits per heavy atom. The van der Waals surface area contributed by atoms with Crippen molar-refractivity contribution < 1.29 is 14.4 Å². The molecule has 1 heterocycles. The topological polar surface area (TPSA) is 66.5 Å². The number of rotatable bonds is 5. The van der Waals surface area contributed by atoms with Crippen LogP contribution in [0.2, 0.25) is 0 Å². The van der Waals surface area contributed by atoms with Crippen molar-refractivity contribution in [3.8, 4) is 0 Å². The summed E-state index contributed by atoms with van der Waals surface area (Å²) in [7, 11) is 0. The maximum atomic E-state index is 12.4. The number of nitrogens with one attached hydrogen (secondary N) is 1. The third kappa shape index (κ3) is 4.25. The lowest BCUT2D eigenvalue weighted by atomic mass is 10.00. The fourth-order valence-corrected chi connectivity index (χ4v) is 3.50. The van der Waals surface area contributed by atoms with Gasteiger partial charge in [0, 0.05) is 24.9 Å². The molecule has 3 rings (SSSR count). The van der Waals surface area contributed by atoms with E-state index < -0.39 is 0 Å². The van der Waals surface area contributed by atoms with Crippen LogP contribution in [-0.4, -0.2) is 22.6 Å². The highest BCUT2D eigenvalue weighted by atomic mass is 16.2. The van der Waals surface area contributed by atoms with Crippen LogP contribution in [0.1, 0.15) is 51.0 Å². The van der Waals surface area contributed by atoms with Gasteiger partial charge < -0.3 is 5.32 Å². The van der Waals surface area contributed by atoms with Gasteiger partial charge in [-0.25, -0.2) is 0 Å². The Morgan fingerprint density at radius 1 is 0.963 bits per heavy atom. The van der Waals surface area contributed by atoms with Gasteiger partial charge in [-0.1, -0.05) is 29.8 Å². The maximum absolute atomic E-state index is 12.4. The van der Waals surface area contributed by atoms with Crippen molar-refractivity contribution in [2.24, 2.45) is 0 Å². The Bertz CT molecular complexity index is 861. The fraction of sp³-hybridized carbons (Fsp3) is 0.318. The van der Waals surface area contributed by atoms with E-state index >= 15 is 0 Å². The van der Waals surface area contributed by atoms with Crippen LogP contribution in [0.25, 0.3) is 0 Å². The van der Waals surface area contributed by atoms with Crippen molar-refractivity contribution in [3.63, 3.8) is 0 Å². The molecule has 1 N–H and O–H groups in total. The van der Waals surface area contributed by atoms with Gasteiger partial charge in [-0.05, 0) is 55.2 Å². The van der Waals surface area contributed by atoms with Crippen LogP contribution in [0, 0.1) is 20.8 Å². The highest BCUT2D eigenvalue weighted by molar-refractivity contribution is 6.01. The van der Waals surface area contributed by atoms with Gasteiger partial charge in [-0.15, -0.1) is 0 Å². The SMILES string of the molecule is Cc1cc(C)c(CNC(=O)c2ccc(CN3C(=O)CCC3=O)cc2)c(C)c1. The zero-order valence-corrected chi connectivity index (χ0v) is 16.0. The van der Waals surface area contributed by atoms with E-state index in [9.17, 15) is 14.4 Å². The number of hydrogen-bond donors (Lipinski definition) is 1. The van der Waals surface area contributed by atoms with E-state index in [1.54, 1.807) is 24.3 Å².